The second kappa shape index (κ2) is 18.8. The molecule has 0 atom stereocenters. The Labute approximate surface area is 223 Å². The second-order valence-electron chi connectivity index (χ2n) is 9.95. The van der Waals surface area contributed by atoms with E-state index in [0.29, 0.717) is 0 Å². The van der Waals surface area contributed by atoms with Crippen LogP contribution in [-0.2, 0) is 25.7 Å². The van der Waals surface area contributed by atoms with Gasteiger partial charge in [0.1, 0.15) is 0 Å². The summed E-state index contributed by atoms with van der Waals surface area (Å²) in [4.78, 5) is 0. The predicted octanol–water partition coefficient (Wildman–Crippen LogP) is 9.61. The Morgan fingerprint density at radius 3 is 1.23 bits per heavy atom. The number of unbranched alkanes of at least 4 members (excludes halogenated alkanes) is 8. The van der Waals surface area contributed by atoms with Crippen molar-refractivity contribution >= 4 is 15.9 Å². The summed E-state index contributed by atoms with van der Waals surface area (Å²) in [6.07, 6.45) is 19.7. The van der Waals surface area contributed by atoms with E-state index in [-0.39, 0.29) is 0 Å². The van der Waals surface area contributed by atoms with Gasteiger partial charge in [-0.05, 0) is 85.8 Å². The van der Waals surface area contributed by atoms with E-state index in [1.165, 1.54) is 99.3 Å². The molecule has 0 aliphatic heterocycles. The van der Waals surface area contributed by atoms with Crippen molar-refractivity contribution in [3.05, 3.63) is 58.7 Å². The first-order valence-corrected chi connectivity index (χ1v) is 15.6. The maximum atomic E-state index is 6.40. The summed E-state index contributed by atoms with van der Waals surface area (Å²) in [6, 6.07) is 13.3. The van der Waals surface area contributed by atoms with E-state index in [1.54, 1.807) is 0 Å². The fraction of sp³-hybridized carbons (Fsp3) is 0.625. The van der Waals surface area contributed by atoms with Crippen LogP contribution in [0, 0.1) is 0 Å². The van der Waals surface area contributed by atoms with Crippen LogP contribution >= 0.6 is 0 Å². The molecule has 3 heteroatoms. The van der Waals surface area contributed by atoms with Gasteiger partial charge in [-0.2, -0.15) is 0 Å². The summed E-state index contributed by atoms with van der Waals surface area (Å²) in [5.74, 6) is 2.11. The molecule has 0 unspecified atom stereocenters. The lowest BCUT2D eigenvalue weighted by Gasteiger charge is -2.19. The number of hydrogen-bond donors (Lipinski definition) is 0. The van der Waals surface area contributed by atoms with Crippen LogP contribution in [-0.4, -0.2) is 15.9 Å². The highest BCUT2D eigenvalue weighted by Crippen LogP contribution is 2.29. The fourth-order valence-electron chi connectivity index (χ4n) is 4.84. The zero-order valence-corrected chi connectivity index (χ0v) is 24.3. The Hall–Kier alpha value is -1.43. The van der Waals surface area contributed by atoms with E-state index in [2.05, 4.69) is 64.1 Å². The Morgan fingerprint density at radius 2 is 0.857 bits per heavy atom. The molecule has 0 aliphatic carbocycles. The molecule has 0 heterocycles. The summed E-state index contributed by atoms with van der Waals surface area (Å²) < 4.78 is 12.8. The Balaban J connectivity index is 2.12. The van der Waals surface area contributed by atoms with Crippen LogP contribution in [0.2, 0.25) is 0 Å². The third-order valence-electron chi connectivity index (χ3n) is 6.97. The van der Waals surface area contributed by atoms with Crippen molar-refractivity contribution in [1.82, 2.24) is 0 Å². The molecule has 0 aromatic heterocycles. The molecule has 35 heavy (non-hydrogen) atoms. The van der Waals surface area contributed by atoms with E-state index in [4.69, 9.17) is 7.58 Å². The van der Waals surface area contributed by atoms with Gasteiger partial charge in [0.2, 0.25) is 0 Å². The molecular weight excluding hydrogens is 443 g/mol. The zero-order chi connectivity index (χ0) is 25.1. The standard InChI is InChI=1S/2C16H26O.Al/c2*1-3-5-7-10-14-11-9-13-16(17)15(14)12-8-6-4-2;/h2*9,11,13,17H,3-8,10,12H2,1-2H3;/q;;+2/p-2. The van der Waals surface area contributed by atoms with Crippen molar-refractivity contribution in [1.29, 1.82) is 0 Å². The monoisotopic (exact) mass is 493 g/mol. The molecule has 0 saturated carbocycles. The quantitative estimate of drug-likeness (QED) is 0.135. The SMILES string of the molecule is CCCCCc1cccc([O][Al][O]c2cccc(CCCCC)c2CCCCC)c1CCCCC. The van der Waals surface area contributed by atoms with Crippen molar-refractivity contribution in [2.45, 2.75) is 130 Å². The van der Waals surface area contributed by atoms with Crippen LogP contribution in [0.4, 0.5) is 0 Å². The molecule has 193 valence electrons. The Kier molecular flexibility index (Phi) is 16.0. The lowest BCUT2D eigenvalue weighted by atomic mass is 9.96. The number of aryl methyl sites for hydroxylation is 2. The molecule has 0 spiro atoms. The van der Waals surface area contributed by atoms with E-state index in [0.717, 1.165) is 37.2 Å². The van der Waals surface area contributed by atoms with Crippen molar-refractivity contribution in [3.63, 3.8) is 0 Å². The zero-order valence-electron chi connectivity index (χ0n) is 23.2. The van der Waals surface area contributed by atoms with Gasteiger partial charge >= 0.3 is 15.9 Å². The van der Waals surface area contributed by atoms with Gasteiger partial charge in [-0.25, -0.2) is 0 Å². The van der Waals surface area contributed by atoms with Gasteiger partial charge in [0.25, 0.3) is 0 Å². The predicted molar refractivity (Wildman–Crippen MR) is 153 cm³/mol. The average Bonchev–Trinajstić information content (AvgIpc) is 2.87. The summed E-state index contributed by atoms with van der Waals surface area (Å²) in [7, 11) is 0. The number of hydrogen-bond acceptors (Lipinski definition) is 2. The van der Waals surface area contributed by atoms with Gasteiger partial charge in [0.15, 0.2) is 0 Å². The van der Waals surface area contributed by atoms with E-state index in [9.17, 15) is 0 Å². The molecule has 0 aliphatic rings. The molecule has 2 aromatic rings. The number of benzene rings is 2. The highest BCUT2D eigenvalue weighted by Gasteiger charge is 2.16. The van der Waals surface area contributed by atoms with Gasteiger partial charge in [0.05, 0.1) is 11.5 Å². The smallest absolute Gasteiger partial charge is 0.616 e. The minimum Gasteiger partial charge on any atom is -0.616 e. The molecule has 0 bridgehead atoms. The molecule has 2 nitrogen and oxygen atoms in total. The Bertz CT molecular complexity index is 750. The van der Waals surface area contributed by atoms with Crippen LogP contribution in [0.25, 0.3) is 0 Å². The van der Waals surface area contributed by atoms with Crippen LogP contribution in [0.3, 0.4) is 0 Å². The molecule has 0 saturated heterocycles. The first kappa shape index (κ1) is 29.8. The van der Waals surface area contributed by atoms with Crippen LogP contribution < -0.4 is 7.58 Å². The highest BCUT2D eigenvalue weighted by atomic mass is 27.2. The third-order valence-corrected chi connectivity index (χ3v) is 7.67. The lowest BCUT2D eigenvalue weighted by Crippen LogP contribution is -2.14. The minimum absolute atomic E-state index is 0.588. The van der Waals surface area contributed by atoms with Gasteiger partial charge in [-0.1, -0.05) is 103 Å². The van der Waals surface area contributed by atoms with Crippen LogP contribution in [0.5, 0.6) is 11.5 Å². The molecule has 0 fully saturated rings. The van der Waals surface area contributed by atoms with Crippen molar-refractivity contribution in [3.8, 4) is 11.5 Å². The maximum Gasteiger partial charge on any atom is 0.881 e. The first-order valence-electron chi connectivity index (χ1n) is 14.6. The van der Waals surface area contributed by atoms with E-state index < -0.39 is 15.9 Å². The number of rotatable bonds is 20. The first-order chi connectivity index (χ1) is 17.2. The van der Waals surface area contributed by atoms with Crippen molar-refractivity contribution < 1.29 is 7.58 Å². The lowest BCUT2D eigenvalue weighted by molar-refractivity contribution is 0.450. The minimum atomic E-state index is -0.588. The second-order valence-corrected chi connectivity index (χ2v) is 10.6. The summed E-state index contributed by atoms with van der Waals surface area (Å²) in [6.45, 7) is 9.10. The van der Waals surface area contributed by atoms with E-state index in [1.807, 2.05) is 0 Å². The van der Waals surface area contributed by atoms with E-state index >= 15 is 0 Å². The molecule has 2 aromatic carbocycles. The van der Waals surface area contributed by atoms with Crippen molar-refractivity contribution in [2.75, 3.05) is 0 Å². The fourth-order valence-corrected chi connectivity index (χ4v) is 5.54. The molecule has 1 radical (unpaired) electrons. The van der Waals surface area contributed by atoms with Gasteiger partial charge in [-0.15, -0.1) is 0 Å². The Morgan fingerprint density at radius 1 is 0.486 bits per heavy atom. The molecule has 0 amide bonds. The average molecular weight is 494 g/mol. The summed E-state index contributed by atoms with van der Waals surface area (Å²) in [5.41, 5.74) is 5.79. The molecule has 2 rings (SSSR count). The third kappa shape index (κ3) is 11.0. The van der Waals surface area contributed by atoms with Gasteiger partial charge in [-0.3, -0.25) is 0 Å². The highest BCUT2D eigenvalue weighted by molar-refractivity contribution is 6.20. The van der Waals surface area contributed by atoms with Crippen LogP contribution in [0.15, 0.2) is 36.4 Å². The van der Waals surface area contributed by atoms with Gasteiger partial charge < -0.3 is 7.58 Å². The largest absolute Gasteiger partial charge is 0.881 e. The summed E-state index contributed by atoms with van der Waals surface area (Å²) in [5, 5.41) is 0. The van der Waals surface area contributed by atoms with Crippen molar-refractivity contribution in [2.24, 2.45) is 0 Å². The summed E-state index contributed by atoms with van der Waals surface area (Å²) >= 11 is -0.588. The normalized spacial score (nSPS) is 11.0. The molecule has 0 N–H and O–H groups in total. The van der Waals surface area contributed by atoms with Gasteiger partial charge in [0, 0.05) is 0 Å². The topological polar surface area (TPSA) is 18.5 Å². The van der Waals surface area contributed by atoms with Crippen LogP contribution in [0.1, 0.15) is 127 Å². The maximum absolute atomic E-state index is 6.40. The molecular formula is C32H50AlO2.